The first kappa shape index (κ1) is 17.0. The number of amides is 1. The summed E-state index contributed by atoms with van der Waals surface area (Å²) < 4.78 is 3.37. The number of carbonyl (C=O) groups excluding carboxylic acids is 1. The fraction of sp³-hybridized carbons (Fsp3) is 0.190. The van der Waals surface area contributed by atoms with Crippen molar-refractivity contribution in [3.63, 3.8) is 0 Å². The zero-order chi connectivity index (χ0) is 19.0. The Balaban J connectivity index is 1.57. The average molecular weight is 359 g/mol. The van der Waals surface area contributed by atoms with Gasteiger partial charge < -0.3 is 5.32 Å². The highest BCUT2D eigenvalue weighted by atomic mass is 16.2. The topological polar surface area (TPSA) is 64.7 Å². The molecule has 0 aliphatic carbocycles. The van der Waals surface area contributed by atoms with E-state index in [1.807, 2.05) is 31.2 Å². The van der Waals surface area contributed by atoms with Gasteiger partial charge in [0.05, 0.1) is 17.4 Å². The average Bonchev–Trinajstić information content (AvgIpc) is 3.17. The maximum Gasteiger partial charge on any atom is 0.247 e. The first-order chi connectivity index (χ1) is 13.0. The van der Waals surface area contributed by atoms with Crippen LogP contribution in [-0.2, 0) is 18.4 Å². The lowest BCUT2D eigenvalue weighted by Crippen LogP contribution is -2.20. The largest absolute Gasteiger partial charge is 0.309 e. The molecule has 4 rings (SSSR count). The number of rotatable bonds is 4. The Kier molecular flexibility index (Phi) is 4.24. The number of aryl methyl sites for hydroxylation is 3. The normalized spacial score (nSPS) is 11.1. The maximum atomic E-state index is 12.4. The van der Waals surface area contributed by atoms with Gasteiger partial charge in [-0.15, -0.1) is 0 Å². The van der Waals surface area contributed by atoms with Crippen molar-refractivity contribution >= 4 is 22.6 Å². The predicted molar refractivity (Wildman–Crippen MR) is 106 cm³/mol. The van der Waals surface area contributed by atoms with E-state index in [0.29, 0.717) is 5.82 Å². The maximum absolute atomic E-state index is 12.4. The van der Waals surface area contributed by atoms with Crippen LogP contribution in [0.4, 0.5) is 5.82 Å². The molecule has 6 nitrogen and oxygen atoms in total. The highest BCUT2D eigenvalue weighted by molar-refractivity contribution is 5.91. The summed E-state index contributed by atoms with van der Waals surface area (Å²) in [5, 5.41) is 12.5. The standard InChI is InChI=1S/C21H21N5O/c1-14-6-4-5-7-18(14)16-8-9-19-17(11-16)12-22-26(19)13-21(27)23-20-10-15(2)24-25(20)3/h4-12H,13H2,1-3H3,(H,23,27). The van der Waals surface area contributed by atoms with Crippen LogP contribution in [0, 0.1) is 13.8 Å². The summed E-state index contributed by atoms with van der Waals surface area (Å²) in [7, 11) is 1.80. The molecule has 2 aromatic carbocycles. The summed E-state index contributed by atoms with van der Waals surface area (Å²) in [5.41, 5.74) is 5.38. The van der Waals surface area contributed by atoms with Gasteiger partial charge >= 0.3 is 0 Å². The van der Waals surface area contributed by atoms with Gasteiger partial charge in [-0.2, -0.15) is 10.2 Å². The zero-order valence-corrected chi connectivity index (χ0v) is 15.6. The monoisotopic (exact) mass is 359 g/mol. The van der Waals surface area contributed by atoms with E-state index in [0.717, 1.165) is 22.2 Å². The van der Waals surface area contributed by atoms with E-state index in [-0.39, 0.29) is 12.5 Å². The van der Waals surface area contributed by atoms with E-state index in [4.69, 9.17) is 0 Å². The lowest BCUT2D eigenvalue weighted by atomic mass is 10.00. The van der Waals surface area contributed by atoms with Gasteiger partial charge in [0.25, 0.3) is 0 Å². The molecule has 0 aliphatic heterocycles. The molecule has 1 N–H and O–H groups in total. The fourth-order valence-electron chi connectivity index (χ4n) is 3.32. The second-order valence-corrected chi connectivity index (χ2v) is 6.73. The second kappa shape index (κ2) is 6.72. The number of hydrogen-bond donors (Lipinski definition) is 1. The molecule has 0 fully saturated rings. The Morgan fingerprint density at radius 2 is 1.93 bits per heavy atom. The van der Waals surface area contributed by atoms with Crippen molar-refractivity contribution in [1.29, 1.82) is 0 Å². The van der Waals surface area contributed by atoms with Crippen LogP contribution in [0.25, 0.3) is 22.0 Å². The van der Waals surface area contributed by atoms with Gasteiger partial charge in [-0.25, -0.2) is 0 Å². The van der Waals surface area contributed by atoms with E-state index < -0.39 is 0 Å². The van der Waals surface area contributed by atoms with Crippen molar-refractivity contribution in [1.82, 2.24) is 19.6 Å². The molecule has 0 radical (unpaired) electrons. The summed E-state index contributed by atoms with van der Waals surface area (Å²) in [5.74, 6) is 0.543. The van der Waals surface area contributed by atoms with E-state index in [1.165, 1.54) is 11.1 Å². The van der Waals surface area contributed by atoms with E-state index >= 15 is 0 Å². The molecule has 27 heavy (non-hydrogen) atoms. The fourth-order valence-corrected chi connectivity index (χ4v) is 3.32. The van der Waals surface area contributed by atoms with Crippen LogP contribution in [0.3, 0.4) is 0 Å². The second-order valence-electron chi connectivity index (χ2n) is 6.73. The highest BCUT2D eigenvalue weighted by Gasteiger charge is 2.11. The molecule has 0 bridgehead atoms. The van der Waals surface area contributed by atoms with Crippen LogP contribution in [0.2, 0.25) is 0 Å². The predicted octanol–water partition coefficient (Wildman–Crippen LogP) is 3.69. The molecule has 4 aromatic rings. The number of aromatic nitrogens is 4. The minimum absolute atomic E-state index is 0.133. The smallest absolute Gasteiger partial charge is 0.247 e. The Labute approximate surface area is 157 Å². The summed E-state index contributed by atoms with van der Waals surface area (Å²) in [6, 6.07) is 16.4. The van der Waals surface area contributed by atoms with Crippen LogP contribution in [-0.4, -0.2) is 25.5 Å². The minimum atomic E-state index is -0.133. The summed E-state index contributed by atoms with van der Waals surface area (Å²) >= 11 is 0. The number of anilines is 1. The molecule has 0 unspecified atom stereocenters. The highest BCUT2D eigenvalue weighted by Crippen LogP contribution is 2.26. The van der Waals surface area contributed by atoms with Gasteiger partial charge in [0.1, 0.15) is 12.4 Å². The molecular weight excluding hydrogens is 338 g/mol. The van der Waals surface area contributed by atoms with Gasteiger partial charge in [-0.1, -0.05) is 30.3 Å². The molecule has 0 saturated carbocycles. The van der Waals surface area contributed by atoms with E-state index in [9.17, 15) is 4.79 Å². The third-order valence-corrected chi connectivity index (χ3v) is 4.66. The third kappa shape index (κ3) is 3.33. The lowest BCUT2D eigenvalue weighted by molar-refractivity contribution is -0.116. The molecule has 2 heterocycles. The molecule has 2 aromatic heterocycles. The van der Waals surface area contributed by atoms with Crippen molar-refractivity contribution in [3.05, 3.63) is 66.0 Å². The quantitative estimate of drug-likeness (QED) is 0.604. The number of fused-ring (bicyclic) bond motifs is 1. The first-order valence-electron chi connectivity index (χ1n) is 8.83. The van der Waals surface area contributed by atoms with Crippen LogP contribution in [0.15, 0.2) is 54.7 Å². The van der Waals surface area contributed by atoms with Crippen molar-refractivity contribution < 1.29 is 4.79 Å². The van der Waals surface area contributed by atoms with Crippen LogP contribution < -0.4 is 5.32 Å². The van der Waals surface area contributed by atoms with Gasteiger partial charge in [-0.3, -0.25) is 14.2 Å². The van der Waals surface area contributed by atoms with Crippen molar-refractivity contribution in [3.8, 4) is 11.1 Å². The Hall–Kier alpha value is -3.41. The Morgan fingerprint density at radius 1 is 1.11 bits per heavy atom. The molecule has 6 heteroatoms. The molecule has 0 aliphatic rings. The first-order valence-corrected chi connectivity index (χ1v) is 8.83. The van der Waals surface area contributed by atoms with Crippen LogP contribution in [0.5, 0.6) is 0 Å². The van der Waals surface area contributed by atoms with Crippen LogP contribution >= 0.6 is 0 Å². The van der Waals surface area contributed by atoms with E-state index in [1.54, 1.807) is 22.6 Å². The summed E-state index contributed by atoms with van der Waals surface area (Å²) in [6.07, 6.45) is 1.80. The SMILES string of the molecule is Cc1cc(NC(=O)Cn2ncc3cc(-c4ccccc4C)ccc32)n(C)n1. The minimum Gasteiger partial charge on any atom is -0.309 e. The lowest BCUT2D eigenvalue weighted by Gasteiger charge is -2.08. The van der Waals surface area contributed by atoms with Crippen LogP contribution in [0.1, 0.15) is 11.3 Å². The molecule has 0 spiro atoms. The molecular formula is C21H21N5O. The van der Waals surface area contributed by atoms with Crippen molar-refractivity contribution in [2.24, 2.45) is 7.05 Å². The van der Waals surface area contributed by atoms with Crippen molar-refractivity contribution in [2.45, 2.75) is 20.4 Å². The number of nitrogens with one attached hydrogen (secondary N) is 1. The molecule has 136 valence electrons. The van der Waals surface area contributed by atoms with Gasteiger partial charge in [0.15, 0.2) is 0 Å². The molecule has 1 amide bonds. The summed E-state index contributed by atoms with van der Waals surface area (Å²) in [4.78, 5) is 12.4. The number of nitrogens with zero attached hydrogens (tertiary/aromatic N) is 4. The Morgan fingerprint density at radius 3 is 2.67 bits per heavy atom. The number of benzene rings is 2. The van der Waals surface area contributed by atoms with Gasteiger partial charge in [0.2, 0.25) is 5.91 Å². The van der Waals surface area contributed by atoms with Crippen molar-refractivity contribution in [2.75, 3.05) is 5.32 Å². The Bertz CT molecular complexity index is 1140. The summed E-state index contributed by atoms with van der Waals surface area (Å²) in [6.45, 7) is 4.15. The number of carbonyl (C=O) groups is 1. The molecule has 0 saturated heterocycles. The van der Waals surface area contributed by atoms with Gasteiger partial charge in [-0.05, 0) is 42.7 Å². The number of hydrogen-bond acceptors (Lipinski definition) is 3. The zero-order valence-electron chi connectivity index (χ0n) is 15.6. The third-order valence-electron chi connectivity index (χ3n) is 4.66. The van der Waals surface area contributed by atoms with E-state index in [2.05, 4.69) is 46.7 Å². The molecule has 0 atom stereocenters. The van der Waals surface area contributed by atoms with Gasteiger partial charge in [0, 0.05) is 18.5 Å².